The predicted octanol–water partition coefficient (Wildman–Crippen LogP) is 6.11. The van der Waals surface area contributed by atoms with Crippen LogP contribution in [0.25, 0.3) is 0 Å². The van der Waals surface area contributed by atoms with Gasteiger partial charge in [0.05, 0.1) is 0 Å². The third kappa shape index (κ3) is 3.37. The van der Waals surface area contributed by atoms with Crippen LogP contribution in [0, 0.1) is 34.5 Å². The van der Waals surface area contributed by atoms with E-state index in [9.17, 15) is 9.59 Å². The Morgan fingerprint density at radius 3 is 2.46 bits per heavy atom. The summed E-state index contributed by atoms with van der Waals surface area (Å²) in [7, 11) is 0. The Labute approximate surface area is 171 Å². The molecular weight excluding hydrogens is 348 g/mol. The van der Waals surface area contributed by atoms with Crippen LogP contribution in [0.5, 0.6) is 0 Å². The predicted molar refractivity (Wildman–Crippen MR) is 113 cm³/mol. The maximum absolute atomic E-state index is 11.9. The van der Waals surface area contributed by atoms with Gasteiger partial charge in [-0.2, -0.15) is 0 Å². The first-order valence-corrected chi connectivity index (χ1v) is 11.7. The van der Waals surface area contributed by atoms with E-state index in [0.29, 0.717) is 17.1 Å². The zero-order valence-electron chi connectivity index (χ0n) is 18.8. The Balaban J connectivity index is 0.00000109. The monoisotopic (exact) mass is 388 g/mol. The van der Waals surface area contributed by atoms with E-state index in [0.717, 1.165) is 37.0 Å². The lowest BCUT2D eigenvalue weighted by molar-refractivity contribution is -0.152. The Kier molecular flexibility index (Phi) is 6.13. The number of carbonyl (C=O) groups is 2. The van der Waals surface area contributed by atoms with Gasteiger partial charge < -0.3 is 4.74 Å². The van der Waals surface area contributed by atoms with Gasteiger partial charge in [-0.1, -0.05) is 33.3 Å². The maximum atomic E-state index is 11.9. The number of hydrogen-bond acceptors (Lipinski definition) is 3. The van der Waals surface area contributed by atoms with Gasteiger partial charge in [-0.25, -0.2) is 0 Å². The van der Waals surface area contributed by atoms with Crippen molar-refractivity contribution in [3.05, 3.63) is 11.6 Å². The molecule has 0 heterocycles. The SMILES string of the molecule is CC.CC(=O)OC(C)C1CCC2C3CCC4=CC(=O)CCC4(C)C3CCC12C. The van der Waals surface area contributed by atoms with Gasteiger partial charge in [0, 0.05) is 19.3 Å². The van der Waals surface area contributed by atoms with Crippen molar-refractivity contribution < 1.29 is 14.3 Å². The second-order valence-electron chi connectivity index (χ2n) is 10.0. The lowest BCUT2D eigenvalue weighted by Gasteiger charge is -2.58. The number of fused-ring (bicyclic) bond motifs is 5. The van der Waals surface area contributed by atoms with E-state index in [1.165, 1.54) is 44.6 Å². The van der Waals surface area contributed by atoms with E-state index in [1.54, 1.807) is 0 Å². The highest BCUT2D eigenvalue weighted by Crippen LogP contribution is 2.67. The lowest BCUT2D eigenvalue weighted by Crippen LogP contribution is -2.51. The molecule has 0 radical (unpaired) electrons. The number of allylic oxidation sites excluding steroid dienone is 1. The van der Waals surface area contributed by atoms with E-state index in [2.05, 4.69) is 20.8 Å². The average Bonchev–Trinajstić information content (AvgIpc) is 3.01. The lowest BCUT2D eigenvalue weighted by atomic mass is 9.46. The van der Waals surface area contributed by atoms with Crippen LogP contribution in [-0.4, -0.2) is 17.9 Å². The summed E-state index contributed by atoms with van der Waals surface area (Å²) in [4.78, 5) is 23.4. The van der Waals surface area contributed by atoms with Gasteiger partial charge in [-0.3, -0.25) is 9.59 Å². The molecule has 0 bridgehead atoms. The fraction of sp³-hybridized carbons (Fsp3) is 0.840. The van der Waals surface area contributed by atoms with Crippen molar-refractivity contribution in [2.24, 2.45) is 34.5 Å². The summed E-state index contributed by atoms with van der Waals surface area (Å²) in [6.07, 6.45) is 11.1. The first-order valence-electron chi connectivity index (χ1n) is 11.7. The van der Waals surface area contributed by atoms with Gasteiger partial charge in [0.25, 0.3) is 0 Å². The smallest absolute Gasteiger partial charge is 0.302 e. The molecule has 158 valence electrons. The van der Waals surface area contributed by atoms with Gasteiger partial charge in [-0.15, -0.1) is 0 Å². The van der Waals surface area contributed by atoms with Crippen LogP contribution in [0.15, 0.2) is 11.6 Å². The number of esters is 1. The quantitative estimate of drug-likeness (QED) is 0.536. The fourth-order valence-electron chi connectivity index (χ4n) is 7.71. The van der Waals surface area contributed by atoms with Crippen LogP contribution in [0.1, 0.15) is 92.9 Å². The molecule has 7 atom stereocenters. The standard InChI is InChI=1S/C23H34O3.C2H6/c1-14(26-15(2)24)19-7-8-20-18-6-5-16-13-17(25)9-11-22(16,3)21(18)10-12-23(19,20)4;1-2/h13-14,18-21H,5-12H2,1-4H3;1-2H3. The van der Waals surface area contributed by atoms with Crippen molar-refractivity contribution in [1.82, 2.24) is 0 Å². The first kappa shape index (κ1) is 21.6. The minimum absolute atomic E-state index is 0.0287. The minimum Gasteiger partial charge on any atom is -0.463 e. The van der Waals surface area contributed by atoms with Crippen molar-refractivity contribution in [1.29, 1.82) is 0 Å². The highest BCUT2D eigenvalue weighted by molar-refractivity contribution is 5.91. The van der Waals surface area contributed by atoms with E-state index >= 15 is 0 Å². The Morgan fingerprint density at radius 1 is 1.07 bits per heavy atom. The third-order valence-corrected chi connectivity index (χ3v) is 8.95. The number of rotatable bonds is 2. The molecule has 0 spiro atoms. The van der Waals surface area contributed by atoms with Crippen molar-refractivity contribution >= 4 is 11.8 Å². The van der Waals surface area contributed by atoms with Crippen LogP contribution in [-0.2, 0) is 14.3 Å². The van der Waals surface area contributed by atoms with Crippen LogP contribution in [0.3, 0.4) is 0 Å². The summed E-state index contributed by atoms with van der Waals surface area (Å²) < 4.78 is 5.62. The zero-order valence-corrected chi connectivity index (χ0v) is 18.8. The molecule has 4 aliphatic carbocycles. The fourth-order valence-corrected chi connectivity index (χ4v) is 7.71. The normalized spacial score (nSPS) is 42.8. The highest BCUT2D eigenvalue weighted by atomic mass is 16.5. The summed E-state index contributed by atoms with van der Waals surface area (Å²) in [6.45, 7) is 12.5. The molecule has 4 aliphatic rings. The first-order chi connectivity index (χ1) is 13.3. The molecule has 0 N–H and O–H groups in total. The molecular formula is C25H40O3. The molecule has 0 aliphatic heterocycles. The van der Waals surface area contributed by atoms with E-state index < -0.39 is 0 Å². The second-order valence-corrected chi connectivity index (χ2v) is 10.0. The van der Waals surface area contributed by atoms with Crippen molar-refractivity contribution in [3.63, 3.8) is 0 Å². The van der Waals surface area contributed by atoms with Crippen LogP contribution >= 0.6 is 0 Å². The van der Waals surface area contributed by atoms with Crippen molar-refractivity contribution in [2.45, 2.75) is 99.0 Å². The van der Waals surface area contributed by atoms with Crippen molar-refractivity contribution in [2.75, 3.05) is 0 Å². The van der Waals surface area contributed by atoms with Gasteiger partial charge in [0.2, 0.25) is 0 Å². The molecule has 0 amide bonds. The molecule has 3 nitrogen and oxygen atoms in total. The van der Waals surface area contributed by atoms with Crippen LogP contribution in [0.4, 0.5) is 0 Å². The Hall–Kier alpha value is -1.12. The summed E-state index contributed by atoms with van der Waals surface area (Å²) in [5.74, 6) is 2.95. The molecule has 4 rings (SSSR count). The molecule has 3 heteroatoms. The molecule has 7 unspecified atom stereocenters. The second kappa shape index (κ2) is 7.95. The molecule has 0 saturated heterocycles. The van der Waals surface area contributed by atoms with Gasteiger partial charge in [-0.05, 0) is 86.5 Å². The van der Waals surface area contributed by atoms with Crippen molar-refractivity contribution in [3.8, 4) is 0 Å². The molecule has 0 aromatic carbocycles. The number of ketones is 1. The number of carbonyl (C=O) groups excluding carboxylic acids is 2. The molecule has 3 fully saturated rings. The van der Waals surface area contributed by atoms with Gasteiger partial charge >= 0.3 is 5.97 Å². The Bertz CT molecular complexity index is 650. The summed E-state index contributed by atoms with van der Waals surface area (Å²) in [5.41, 5.74) is 2.00. The number of ether oxygens (including phenoxy) is 1. The average molecular weight is 389 g/mol. The third-order valence-electron chi connectivity index (χ3n) is 8.95. The maximum Gasteiger partial charge on any atom is 0.302 e. The minimum atomic E-state index is -0.148. The van der Waals surface area contributed by atoms with Gasteiger partial charge in [0.1, 0.15) is 6.10 Å². The zero-order chi connectivity index (χ0) is 20.7. The van der Waals surface area contributed by atoms with Crippen LogP contribution in [0.2, 0.25) is 0 Å². The largest absolute Gasteiger partial charge is 0.463 e. The summed E-state index contributed by atoms with van der Waals surface area (Å²) in [5, 5.41) is 0. The van der Waals surface area contributed by atoms with Gasteiger partial charge in [0.15, 0.2) is 5.78 Å². The van der Waals surface area contributed by atoms with E-state index in [1.807, 2.05) is 19.9 Å². The summed E-state index contributed by atoms with van der Waals surface area (Å²) >= 11 is 0. The van der Waals surface area contributed by atoms with Crippen LogP contribution < -0.4 is 0 Å². The Morgan fingerprint density at radius 2 is 1.79 bits per heavy atom. The highest BCUT2D eigenvalue weighted by Gasteiger charge is 2.59. The van der Waals surface area contributed by atoms with E-state index in [4.69, 9.17) is 4.74 Å². The topological polar surface area (TPSA) is 43.4 Å². The molecule has 3 saturated carbocycles. The number of hydrogen-bond donors (Lipinski definition) is 0. The van der Waals surface area contributed by atoms with E-state index in [-0.39, 0.29) is 17.5 Å². The molecule has 28 heavy (non-hydrogen) atoms. The summed E-state index contributed by atoms with van der Waals surface area (Å²) in [6, 6.07) is 0. The molecule has 0 aromatic rings. The molecule has 0 aromatic heterocycles.